The van der Waals surface area contributed by atoms with Crippen LogP contribution in [0.5, 0.6) is 0 Å². The third kappa shape index (κ3) is 1.79. The van der Waals surface area contributed by atoms with Crippen LogP contribution >= 0.6 is 0 Å². The summed E-state index contributed by atoms with van der Waals surface area (Å²) in [4.78, 5) is 23.4. The first-order valence-electron chi connectivity index (χ1n) is 5.55. The number of nitrogens with zero attached hydrogens (tertiary/aromatic N) is 2. The van der Waals surface area contributed by atoms with E-state index in [4.69, 9.17) is 4.42 Å². The van der Waals surface area contributed by atoms with Gasteiger partial charge >= 0.3 is 0 Å². The molecule has 2 aromatic heterocycles. The van der Waals surface area contributed by atoms with E-state index in [1.807, 2.05) is 0 Å². The van der Waals surface area contributed by atoms with Crippen molar-refractivity contribution in [1.82, 2.24) is 4.98 Å². The van der Waals surface area contributed by atoms with Crippen molar-refractivity contribution in [1.29, 1.82) is 0 Å². The first-order chi connectivity index (χ1) is 9.56. The van der Waals surface area contributed by atoms with E-state index in [0.717, 1.165) is 6.07 Å². The maximum atomic E-state index is 11.0. The van der Waals surface area contributed by atoms with E-state index in [9.17, 15) is 20.2 Å². The zero-order valence-electron chi connectivity index (χ0n) is 9.90. The average molecular weight is 273 g/mol. The number of non-ortho nitro benzene ring substituents is 2. The molecule has 2 heterocycles. The third-order valence-corrected chi connectivity index (χ3v) is 2.90. The molecule has 0 aliphatic heterocycles. The standard InChI is InChI=1S/C12H7N3O5/c16-14(17)7-4-9-8(11(5-7)15(18)19)6-10(13-9)12-2-1-3-20-12/h1-6,13H. The number of nitro benzene ring substituents is 2. The monoisotopic (exact) mass is 273 g/mol. The molecule has 100 valence electrons. The van der Waals surface area contributed by atoms with Crippen molar-refractivity contribution in [3.63, 3.8) is 0 Å². The minimum absolute atomic E-state index is 0.298. The minimum Gasteiger partial charge on any atom is -0.463 e. The Balaban J connectivity index is 2.29. The van der Waals surface area contributed by atoms with Crippen LogP contribution in [0.25, 0.3) is 22.4 Å². The number of nitro groups is 2. The van der Waals surface area contributed by atoms with E-state index in [-0.39, 0.29) is 11.4 Å². The predicted octanol–water partition coefficient (Wildman–Crippen LogP) is 3.24. The van der Waals surface area contributed by atoms with Gasteiger partial charge in [-0.05, 0) is 18.2 Å². The molecule has 3 aromatic rings. The number of furan rings is 1. The fraction of sp³-hybridized carbons (Fsp3) is 0. The summed E-state index contributed by atoms with van der Waals surface area (Å²) in [7, 11) is 0. The summed E-state index contributed by atoms with van der Waals surface area (Å²) in [6.07, 6.45) is 1.47. The molecule has 20 heavy (non-hydrogen) atoms. The van der Waals surface area contributed by atoms with Crippen molar-refractivity contribution in [2.75, 3.05) is 0 Å². The Kier molecular flexibility index (Phi) is 2.50. The lowest BCUT2D eigenvalue weighted by molar-refractivity contribution is -0.393. The van der Waals surface area contributed by atoms with Gasteiger partial charge in [0, 0.05) is 6.07 Å². The zero-order valence-corrected chi connectivity index (χ0v) is 9.90. The first-order valence-corrected chi connectivity index (χ1v) is 5.55. The second kappa shape index (κ2) is 4.19. The lowest BCUT2D eigenvalue weighted by atomic mass is 10.2. The van der Waals surface area contributed by atoms with E-state index < -0.39 is 9.85 Å². The topological polar surface area (TPSA) is 115 Å². The number of hydrogen-bond acceptors (Lipinski definition) is 5. The van der Waals surface area contributed by atoms with Crippen LogP contribution in [-0.4, -0.2) is 14.8 Å². The SMILES string of the molecule is O=[N+]([O-])c1cc([N+](=O)[O-])c2cc(-c3ccco3)[nH]c2c1. The molecule has 3 rings (SSSR count). The van der Waals surface area contributed by atoms with Crippen molar-refractivity contribution in [3.8, 4) is 11.5 Å². The normalized spacial score (nSPS) is 10.8. The lowest BCUT2D eigenvalue weighted by Crippen LogP contribution is -1.93. The molecule has 0 aliphatic carbocycles. The maximum Gasteiger partial charge on any atom is 0.285 e. The predicted molar refractivity (Wildman–Crippen MR) is 69.3 cm³/mol. The molecule has 0 spiro atoms. The van der Waals surface area contributed by atoms with Gasteiger partial charge in [-0.1, -0.05) is 0 Å². The lowest BCUT2D eigenvalue weighted by Gasteiger charge is -1.95. The number of fused-ring (bicyclic) bond motifs is 1. The molecule has 8 nitrogen and oxygen atoms in total. The number of H-pyrrole nitrogens is 1. The quantitative estimate of drug-likeness (QED) is 0.580. The Morgan fingerprint density at radius 3 is 2.50 bits per heavy atom. The molecule has 0 fully saturated rings. The van der Waals surface area contributed by atoms with Crippen LogP contribution in [0.2, 0.25) is 0 Å². The maximum absolute atomic E-state index is 11.0. The van der Waals surface area contributed by atoms with Crippen LogP contribution in [0, 0.1) is 20.2 Å². The summed E-state index contributed by atoms with van der Waals surface area (Å²) in [6, 6.07) is 7.11. The van der Waals surface area contributed by atoms with Crippen molar-refractivity contribution < 1.29 is 14.3 Å². The van der Waals surface area contributed by atoms with Gasteiger partial charge in [-0.3, -0.25) is 20.2 Å². The smallest absolute Gasteiger partial charge is 0.285 e. The molecule has 1 aromatic carbocycles. The Bertz CT molecular complexity index is 819. The fourth-order valence-corrected chi connectivity index (χ4v) is 2.02. The summed E-state index contributed by atoms with van der Waals surface area (Å²) < 4.78 is 5.19. The minimum atomic E-state index is -0.667. The van der Waals surface area contributed by atoms with Crippen molar-refractivity contribution >= 4 is 22.3 Å². The third-order valence-electron chi connectivity index (χ3n) is 2.90. The van der Waals surface area contributed by atoms with E-state index in [1.54, 1.807) is 12.1 Å². The highest BCUT2D eigenvalue weighted by atomic mass is 16.6. The largest absolute Gasteiger partial charge is 0.463 e. The van der Waals surface area contributed by atoms with Crippen molar-refractivity contribution in [3.05, 3.63) is 56.8 Å². The molecule has 0 amide bonds. The van der Waals surface area contributed by atoms with Crippen LogP contribution in [0.15, 0.2) is 41.0 Å². The molecule has 0 radical (unpaired) electrons. The summed E-state index contributed by atoms with van der Waals surface area (Å²) in [5, 5.41) is 22.1. The molecule has 0 aliphatic rings. The fourth-order valence-electron chi connectivity index (χ4n) is 2.02. The second-order valence-corrected chi connectivity index (χ2v) is 4.10. The van der Waals surface area contributed by atoms with Crippen LogP contribution in [0.4, 0.5) is 11.4 Å². The molecule has 0 saturated heterocycles. The summed E-state index contributed by atoms with van der Waals surface area (Å²) in [6.45, 7) is 0. The summed E-state index contributed by atoms with van der Waals surface area (Å²) >= 11 is 0. The number of aromatic amines is 1. The van der Waals surface area contributed by atoms with Crippen molar-refractivity contribution in [2.45, 2.75) is 0 Å². The van der Waals surface area contributed by atoms with Crippen molar-refractivity contribution in [2.24, 2.45) is 0 Å². The van der Waals surface area contributed by atoms with Gasteiger partial charge < -0.3 is 9.40 Å². The van der Waals surface area contributed by atoms with E-state index in [1.165, 1.54) is 18.4 Å². The zero-order chi connectivity index (χ0) is 14.3. The number of benzene rings is 1. The van der Waals surface area contributed by atoms with Gasteiger partial charge in [0.2, 0.25) is 0 Å². The highest BCUT2D eigenvalue weighted by Crippen LogP contribution is 2.34. The Morgan fingerprint density at radius 1 is 1.10 bits per heavy atom. The number of nitrogens with one attached hydrogen (secondary N) is 1. The van der Waals surface area contributed by atoms with E-state index in [2.05, 4.69) is 4.98 Å². The molecular weight excluding hydrogens is 266 g/mol. The number of hydrogen-bond donors (Lipinski definition) is 1. The molecule has 0 bridgehead atoms. The summed E-state index contributed by atoms with van der Waals surface area (Å²) in [5.74, 6) is 0.498. The Labute approximate surface area is 110 Å². The first kappa shape index (κ1) is 11.9. The molecule has 8 heteroatoms. The molecule has 1 N–H and O–H groups in total. The van der Waals surface area contributed by atoms with Crippen LogP contribution < -0.4 is 0 Å². The highest BCUT2D eigenvalue weighted by Gasteiger charge is 2.21. The second-order valence-electron chi connectivity index (χ2n) is 4.10. The van der Waals surface area contributed by atoms with Gasteiger partial charge in [0.05, 0.1) is 38.8 Å². The Hall–Kier alpha value is -3.16. The van der Waals surface area contributed by atoms with Gasteiger partial charge in [-0.15, -0.1) is 0 Å². The van der Waals surface area contributed by atoms with E-state index >= 15 is 0 Å². The molecule has 0 atom stereocenters. The molecule has 0 saturated carbocycles. The van der Waals surface area contributed by atoms with Gasteiger partial charge in [-0.2, -0.15) is 0 Å². The highest BCUT2D eigenvalue weighted by molar-refractivity contribution is 5.94. The van der Waals surface area contributed by atoms with Gasteiger partial charge in [-0.25, -0.2) is 0 Å². The molecule has 0 unspecified atom stereocenters. The van der Waals surface area contributed by atoms with Crippen LogP contribution in [0.1, 0.15) is 0 Å². The summed E-state index contributed by atoms with van der Waals surface area (Å²) in [5.41, 5.74) is 0.186. The Morgan fingerprint density at radius 2 is 1.90 bits per heavy atom. The van der Waals surface area contributed by atoms with Crippen LogP contribution in [-0.2, 0) is 0 Å². The van der Waals surface area contributed by atoms with Gasteiger partial charge in [0.15, 0.2) is 0 Å². The molecular formula is C12H7N3O5. The van der Waals surface area contributed by atoms with Crippen LogP contribution in [0.3, 0.4) is 0 Å². The average Bonchev–Trinajstić information content (AvgIpc) is 3.05. The number of aromatic nitrogens is 1. The van der Waals surface area contributed by atoms with Gasteiger partial charge in [0.1, 0.15) is 5.76 Å². The number of rotatable bonds is 3. The van der Waals surface area contributed by atoms with Gasteiger partial charge in [0.25, 0.3) is 11.4 Å². The van der Waals surface area contributed by atoms with E-state index in [0.29, 0.717) is 22.4 Å².